The maximum absolute atomic E-state index is 10.3. The number of rotatable bonds is 0. The Bertz CT molecular complexity index is 259. The van der Waals surface area contributed by atoms with Crippen molar-refractivity contribution in [3.05, 3.63) is 0 Å². The van der Waals surface area contributed by atoms with Gasteiger partial charge < -0.3 is 0 Å². The zero-order valence-electron chi connectivity index (χ0n) is 5.59. The van der Waals surface area contributed by atoms with Gasteiger partial charge in [0.2, 0.25) is 0 Å². The molecule has 0 saturated carbocycles. The Morgan fingerprint density at radius 2 is 0.846 bits per heavy atom. The van der Waals surface area contributed by atoms with E-state index in [1.54, 1.807) is 0 Å². The van der Waals surface area contributed by atoms with Crippen molar-refractivity contribution in [1.29, 1.82) is 0 Å². The molecule has 13 heavy (non-hydrogen) atoms. The molecule has 1 heterocycles. The molecule has 1 fully saturated rings. The first-order valence-electron chi connectivity index (χ1n) is 2.19. The van der Waals surface area contributed by atoms with Gasteiger partial charge in [-0.15, -0.1) is 0 Å². The molecule has 0 aromatic carbocycles. The predicted octanol–water partition coefficient (Wildman–Crippen LogP) is -4.14. The van der Waals surface area contributed by atoms with Crippen molar-refractivity contribution in [2.45, 2.75) is 0 Å². The standard InChI is InChI=1S/9O.Sc.3V/q;;;;;;3*-1;+3;;;. The molecule has 0 atom stereocenters. The van der Waals surface area contributed by atoms with Gasteiger partial charge in [-0.2, -0.15) is 0 Å². The average Bonchev–Trinajstić information content (AvgIpc) is 1.44. The van der Waals surface area contributed by atoms with Gasteiger partial charge in [0.15, 0.2) is 0 Å². The molecule has 13 heteroatoms. The van der Waals surface area contributed by atoms with Crippen molar-refractivity contribution in [2.75, 3.05) is 0 Å². The molecule has 1 aliphatic rings. The van der Waals surface area contributed by atoms with Gasteiger partial charge in [-0.1, -0.05) is 0 Å². The first-order valence-corrected chi connectivity index (χ1v) is 9.03. The van der Waals surface area contributed by atoms with Crippen molar-refractivity contribution < 1.29 is 102 Å². The Kier molecular flexibility index (Phi) is 4.93. The Morgan fingerprint density at radius 3 is 1.00 bits per heavy atom. The van der Waals surface area contributed by atoms with E-state index in [-0.39, 0.29) is 25.8 Å². The molecule has 0 unspecified atom stereocenters. The summed E-state index contributed by atoms with van der Waals surface area (Å²) in [7, 11) is 0. The van der Waals surface area contributed by atoms with Crippen molar-refractivity contribution in [3.63, 3.8) is 0 Å². The quantitative estimate of drug-likeness (QED) is 0.428. The molecular formula is O9ScV3. The van der Waals surface area contributed by atoms with E-state index in [1.165, 1.54) is 0 Å². The summed E-state index contributed by atoms with van der Waals surface area (Å²) in [4.78, 5) is 0. The van der Waals surface area contributed by atoms with E-state index in [1.807, 2.05) is 0 Å². The van der Waals surface area contributed by atoms with E-state index in [0.29, 0.717) is 0 Å². The third kappa shape index (κ3) is 4.89. The summed E-state index contributed by atoms with van der Waals surface area (Å²) in [5.74, 6) is 0. The van der Waals surface area contributed by atoms with Crippen LogP contribution in [0.25, 0.3) is 0 Å². The van der Waals surface area contributed by atoms with Crippen molar-refractivity contribution in [3.8, 4) is 0 Å². The van der Waals surface area contributed by atoms with Crippen LogP contribution in [0.3, 0.4) is 0 Å². The van der Waals surface area contributed by atoms with Crippen LogP contribution in [0.1, 0.15) is 0 Å². The van der Waals surface area contributed by atoms with E-state index in [0.717, 1.165) is 0 Å². The summed E-state index contributed by atoms with van der Waals surface area (Å²) in [6, 6.07) is 0. The minimum atomic E-state index is -5.92. The average molecular weight is 342 g/mol. The summed E-state index contributed by atoms with van der Waals surface area (Å²) in [6.45, 7) is 0. The summed E-state index contributed by atoms with van der Waals surface area (Å²) in [5, 5.41) is 0. The van der Waals surface area contributed by atoms with Crippen LogP contribution in [0.15, 0.2) is 0 Å². The van der Waals surface area contributed by atoms with Crippen LogP contribution in [-0.2, 0) is 89.7 Å². The third-order valence-electron chi connectivity index (χ3n) is 0.600. The fourth-order valence-electron chi connectivity index (χ4n) is 0.412. The van der Waals surface area contributed by atoms with Crippen LogP contribution >= 0.6 is 0 Å². The van der Waals surface area contributed by atoms with Gasteiger partial charge in [-0.05, 0) is 0 Å². The second-order valence-electron chi connectivity index (χ2n) is 1.59. The molecule has 0 amide bonds. The first kappa shape index (κ1) is 14.8. The van der Waals surface area contributed by atoms with Gasteiger partial charge in [0.25, 0.3) is 0 Å². The zero-order valence-corrected chi connectivity index (χ0v) is 11.6. The van der Waals surface area contributed by atoms with Crippen molar-refractivity contribution >= 4 is 0 Å². The van der Waals surface area contributed by atoms with Gasteiger partial charge in [-0.3, -0.25) is 0 Å². The van der Waals surface area contributed by atoms with Crippen molar-refractivity contribution in [2.24, 2.45) is 0 Å². The summed E-state index contributed by atoms with van der Waals surface area (Å²) >= 11 is -17.8. The maximum atomic E-state index is 10.3. The molecule has 1 aliphatic heterocycles. The zero-order chi connectivity index (χ0) is 9.62. The molecule has 0 bridgehead atoms. The van der Waals surface area contributed by atoms with E-state index in [2.05, 4.69) is 7.76 Å². The molecule has 1 saturated heterocycles. The second-order valence-corrected chi connectivity index (χ2v) is 9.70. The van der Waals surface area contributed by atoms with E-state index in [9.17, 15) is 23.1 Å². The van der Waals surface area contributed by atoms with Crippen LogP contribution < -0.4 is 12.1 Å². The Morgan fingerprint density at radius 1 is 0.692 bits per heavy atom. The molecule has 0 aliphatic carbocycles. The van der Waals surface area contributed by atoms with Gasteiger partial charge in [0, 0.05) is 0 Å². The first-order chi connectivity index (χ1) is 5.12. The maximum Gasteiger partial charge on any atom is 3.00 e. The van der Waals surface area contributed by atoms with Gasteiger partial charge in [0.1, 0.15) is 0 Å². The smallest absolute Gasteiger partial charge is 3.00 e. The van der Waals surface area contributed by atoms with E-state index < -0.39 is 45.1 Å². The summed E-state index contributed by atoms with van der Waals surface area (Å²) < 4.78 is 71.9. The normalized spacial score (nSPS) is 51.0. The van der Waals surface area contributed by atoms with E-state index >= 15 is 0 Å². The topological polar surface area (TPSA) is 148 Å². The number of hydrogen-bond acceptors (Lipinski definition) is 9. The van der Waals surface area contributed by atoms with Crippen LogP contribution in [0.5, 0.6) is 0 Å². The Balaban J connectivity index is 0.00000144. The summed E-state index contributed by atoms with van der Waals surface area (Å²) in [5.41, 5.74) is 0. The minimum Gasteiger partial charge on any atom is 3.00 e. The Hall–Kier alpha value is 1.78. The van der Waals surface area contributed by atoms with Crippen molar-refractivity contribution in [1.82, 2.24) is 0 Å². The Labute approximate surface area is 101 Å². The molecule has 0 aromatic heterocycles. The summed E-state index contributed by atoms with van der Waals surface area (Å²) in [6.07, 6.45) is 0. The van der Waals surface area contributed by atoms with Gasteiger partial charge in [0.05, 0.1) is 0 Å². The molecule has 0 radical (unpaired) electrons. The number of hydrogen-bond donors (Lipinski definition) is 0. The largest absolute Gasteiger partial charge is 3.00 e. The molecular weight excluding hydrogens is 342 g/mol. The molecule has 0 N–H and O–H groups in total. The van der Waals surface area contributed by atoms with Crippen LogP contribution in [0.4, 0.5) is 0 Å². The van der Waals surface area contributed by atoms with Gasteiger partial charge in [-0.25, -0.2) is 0 Å². The van der Waals surface area contributed by atoms with Crippen LogP contribution in [-0.4, -0.2) is 0 Å². The third-order valence-corrected chi connectivity index (χ3v) is 10.2. The van der Waals surface area contributed by atoms with E-state index in [4.69, 9.17) is 0 Å². The molecule has 9 nitrogen and oxygen atoms in total. The molecule has 72 valence electrons. The van der Waals surface area contributed by atoms with Crippen LogP contribution in [0.2, 0.25) is 0 Å². The molecule has 0 spiro atoms. The molecule has 1 rings (SSSR count). The monoisotopic (exact) mass is 342 g/mol. The second kappa shape index (κ2) is 4.34. The predicted molar refractivity (Wildman–Crippen MR) is 5.31 cm³/mol. The van der Waals surface area contributed by atoms with Crippen LogP contribution in [0, 0.1) is 0 Å². The fraction of sp³-hybridized carbons (Fsp3) is 0. The SMILES string of the molecule is [O]=[V]1([O-])[O][V](=[O])([O-])[O][V](=[O])([O-])[O]1.[Sc+3]. The molecule has 0 aromatic rings. The minimum absolute atomic E-state index is 0. The fourth-order valence-corrected chi connectivity index (χ4v) is 9.38. The van der Waals surface area contributed by atoms with Gasteiger partial charge >= 0.3 is 102 Å².